The Morgan fingerprint density at radius 2 is 2.05 bits per heavy atom. The zero-order chi connectivity index (χ0) is 29.7. The molecule has 2 aromatic carbocycles. The molecule has 1 aromatic heterocycles. The summed E-state index contributed by atoms with van der Waals surface area (Å²) in [6.45, 7) is 0.260. The smallest absolute Gasteiger partial charge is 0.422 e. The number of nitrogens with one attached hydrogen (secondary N) is 2. The van der Waals surface area contributed by atoms with Crippen molar-refractivity contribution in [3.05, 3.63) is 64.6 Å². The number of alkyl halides is 3. The molecular formula is C26H26F4N4O6S. The Morgan fingerprint density at radius 1 is 1.29 bits per heavy atom. The molecular weight excluding hydrogens is 572 g/mol. The number of aliphatic hydroxyl groups excluding tert-OH is 1. The molecule has 0 fully saturated rings. The molecule has 0 radical (unpaired) electrons. The van der Waals surface area contributed by atoms with Gasteiger partial charge in [0.05, 0.1) is 29.1 Å². The fourth-order valence-electron chi connectivity index (χ4n) is 5.07. The van der Waals surface area contributed by atoms with E-state index in [-0.39, 0.29) is 41.6 Å². The number of carbonyl (C=O) groups is 1. The van der Waals surface area contributed by atoms with Crippen molar-refractivity contribution in [1.29, 1.82) is 0 Å². The van der Waals surface area contributed by atoms with Crippen LogP contribution in [0.1, 0.15) is 35.0 Å². The number of anilines is 1. The van der Waals surface area contributed by atoms with E-state index >= 15 is 0 Å². The molecule has 0 saturated carbocycles. The first kappa shape index (κ1) is 28.8. The van der Waals surface area contributed by atoms with E-state index in [2.05, 4.69) is 15.7 Å². The lowest BCUT2D eigenvalue weighted by molar-refractivity contribution is -0.153. The van der Waals surface area contributed by atoms with Gasteiger partial charge in [-0.1, -0.05) is 6.07 Å². The van der Waals surface area contributed by atoms with Crippen LogP contribution in [-0.2, 0) is 26.6 Å². The molecule has 220 valence electrons. The molecule has 0 bridgehead atoms. The van der Waals surface area contributed by atoms with Gasteiger partial charge in [0, 0.05) is 30.7 Å². The molecule has 5 rings (SSSR count). The van der Waals surface area contributed by atoms with E-state index in [1.165, 1.54) is 28.9 Å². The Labute approximate surface area is 232 Å². The van der Waals surface area contributed by atoms with Gasteiger partial charge < -0.3 is 19.9 Å². The SMILES string of the molecule is Cc1ccc(-n2nc3c(c2NC(=O)CS(C)(=O)=O)C(O)N[C@@]2(CCOc4cc(OCC(F)(F)F)ccc42)C3)cc1F. The number of carbonyl (C=O) groups excluding carboxylic acids is 1. The molecule has 1 spiro atoms. The third-order valence-corrected chi connectivity index (χ3v) is 7.65. The molecule has 2 aliphatic rings. The monoisotopic (exact) mass is 598 g/mol. The highest BCUT2D eigenvalue weighted by Gasteiger charge is 2.46. The number of hydrogen-bond donors (Lipinski definition) is 3. The van der Waals surface area contributed by atoms with E-state index in [0.29, 0.717) is 23.2 Å². The molecule has 15 heteroatoms. The number of nitrogens with zero attached hydrogens (tertiary/aromatic N) is 2. The highest BCUT2D eigenvalue weighted by Crippen LogP contribution is 2.47. The lowest BCUT2D eigenvalue weighted by atomic mass is 9.77. The molecule has 0 saturated heterocycles. The number of aromatic nitrogens is 2. The summed E-state index contributed by atoms with van der Waals surface area (Å²) < 4.78 is 87.6. The van der Waals surface area contributed by atoms with Crippen molar-refractivity contribution >= 4 is 21.6 Å². The van der Waals surface area contributed by atoms with E-state index in [1.807, 2.05) is 0 Å². The summed E-state index contributed by atoms with van der Waals surface area (Å²) in [7, 11) is -3.69. The van der Waals surface area contributed by atoms with Gasteiger partial charge in [0.25, 0.3) is 0 Å². The minimum atomic E-state index is -4.52. The number of fused-ring (bicyclic) bond motifs is 3. The maximum absolute atomic E-state index is 14.5. The number of amides is 1. The molecule has 1 unspecified atom stereocenters. The quantitative estimate of drug-likeness (QED) is 0.369. The van der Waals surface area contributed by atoms with Crippen LogP contribution in [0.3, 0.4) is 0 Å². The number of rotatable bonds is 6. The first-order valence-corrected chi connectivity index (χ1v) is 14.5. The summed E-state index contributed by atoms with van der Waals surface area (Å²) >= 11 is 0. The van der Waals surface area contributed by atoms with Gasteiger partial charge >= 0.3 is 6.18 Å². The third kappa shape index (κ3) is 6.01. The summed E-state index contributed by atoms with van der Waals surface area (Å²) in [5.74, 6) is -2.06. The number of hydrogen-bond acceptors (Lipinski definition) is 8. The van der Waals surface area contributed by atoms with Crippen LogP contribution in [-0.4, -0.2) is 60.6 Å². The van der Waals surface area contributed by atoms with Gasteiger partial charge in [-0.05, 0) is 36.8 Å². The normalized spacial score (nSPS) is 20.2. The Bertz CT molecular complexity index is 1620. The zero-order valence-corrected chi connectivity index (χ0v) is 22.7. The van der Waals surface area contributed by atoms with Gasteiger partial charge in [0.2, 0.25) is 5.91 Å². The molecule has 10 nitrogen and oxygen atoms in total. The fourth-order valence-corrected chi connectivity index (χ4v) is 5.62. The summed E-state index contributed by atoms with van der Waals surface area (Å²) in [4.78, 5) is 12.6. The highest BCUT2D eigenvalue weighted by atomic mass is 32.2. The highest BCUT2D eigenvalue weighted by molar-refractivity contribution is 7.91. The van der Waals surface area contributed by atoms with Crippen LogP contribution in [0.2, 0.25) is 0 Å². The van der Waals surface area contributed by atoms with E-state index in [1.54, 1.807) is 19.1 Å². The predicted molar refractivity (Wildman–Crippen MR) is 138 cm³/mol. The van der Waals surface area contributed by atoms with Gasteiger partial charge in [0.1, 0.15) is 35.1 Å². The molecule has 0 aliphatic carbocycles. The van der Waals surface area contributed by atoms with Gasteiger partial charge in [-0.25, -0.2) is 17.5 Å². The van der Waals surface area contributed by atoms with E-state index in [4.69, 9.17) is 9.47 Å². The molecule has 3 N–H and O–H groups in total. The van der Waals surface area contributed by atoms with Crippen molar-refractivity contribution in [3.8, 4) is 17.2 Å². The van der Waals surface area contributed by atoms with Gasteiger partial charge in [-0.2, -0.15) is 18.3 Å². The maximum Gasteiger partial charge on any atom is 0.422 e. The number of ether oxygens (including phenoxy) is 2. The minimum Gasteiger partial charge on any atom is -0.493 e. The van der Waals surface area contributed by atoms with Crippen LogP contribution in [0.5, 0.6) is 11.5 Å². The van der Waals surface area contributed by atoms with Crippen molar-refractivity contribution < 1.29 is 45.4 Å². The van der Waals surface area contributed by atoms with Gasteiger partial charge in [-0.3, -0.25) is 10.1 Å². The average molecular weight is 599 g/mol. The summed E-state index contributed by atoms with van der Waals surface area (Å²) in [6.07, 6.45) is -4.55. The van der Waals surface area contributed by atoms with Crippen LogP contribution in [0.25, 0.3) is 5.69 Å². The molecule has 2 aliphatic heterocycles. The lowest BCUT2D eigenvalue weighted by Gasteiger charge is -2.43. The number of aliphatic hydroxyl groups is 1. The number of aryl methyl sites for hydroxylation is 1. The van der Waals surface area contributed by atoms with Crippen molar-refractivity contribution in [2.45, 2.75) is 37.7 Å². The van der Waals surface area contributed by atoms with Gasteiger partial charge in [-0.15, -0.1) is 0 Å². The van der Waals surface area contributed by atoms with Crippen molar-refractivity contribution in [3.63, 3.8) is 0 Å². The topological polar surface area (TPSA) is 132 Å². The Morgan fingerprint density at radius 3 is 2.73 bits per heavy atom. The van der Waals surface area contributed by atoms with Crippen LogP contribution >= 0.6 is 0 Å². The second-order valence-electron chi connectivity index (χ2n) is 10.1. The minimum absolute atomic E-state index is 0.0325. The Kier molecular flexibility index (Phi) is 7.24. The fraction of sp³-hybridized carbons (Fsp3) is 0.385. The van der Waals surface area contributed by atoms with Crippen LogP contribution in [0, 0.1) is 12.7 Å². The van der Waals surface area contributed by atoms with Crippen LogP contribution in [0.4, 0.5) is 23.4 Å². The van der Waals surface area contributed by atoms with Crippen molar-refractivity contribution in [1.82, 2.24) is 15.1 Å². The molecule has 1 amide bonds. The summed E-state index contributed by atoms with van der Waals surface area (Å²) in [5.41, 5.74) is 0.665. The first-order valence-electron chi connectivity index (χ1n) is 12.4. The largest absolute Gasteiger partial charge is 0.493 e. The standard InChI is InChI=1S/C26H26F4N4O6S/c1-14-3-4-15(9-18(14)27)34-23(31-21(35)12-41(2,37)38)22-19(33-34)11-25(32-24(22)36)7-8-39-20-10-16(5-6-17(20)25)40-13-26(28,29)30/h3-6,9-10,24,32,36H,7-8,11-13H2,1-2H3,(H,31,35)/t24?,25-/m0/s1. The zero-order valence-electron chi connectivity index (χ0n) is 21.9. The number of sulfone groups is 1. The Hall–Kier alpha value is -3.69. The van der Waals surface area contributed by atoms with Crippen molar-refractivity contribution in [2.24, 2.45) is 0 Å². The molecule has 41 heavy (non-hydrogen) atoms. The second kappa shape index (κ2) is 10.3. The third-order valence-electron chi connectivity index (χ3n) is 6.86. The van der Waals surface area contributed by atoms with E-state index in [9.17, 15) is 35.9 Å². The van der Waals surface area contributed by atoms with E-state index < -0.39 is 51.9 Å². The molecule has 3 heterocycles. The maximum atomic E-state index is 14.5. The van der Waals surface area contributed by atoms with E-state index in [0.717, 1.165) is 6.26 Å². The van der Waals surface area contributed by atoms with Crippen LogP contribution in [0.15, 0.2) is 36.4 Å². The predicted octanol–water partition coefficient (Wildman–Crippen LogP) is 3.06. The van der Waals surface area contributed by atoms with Gasteiger partial charge in [0.15, 0.2) is 16.4 Å². The lowest BCUT2D eigenvalue weighted by Crippen LogP contribution is -2.52. The number of benzene rings is 2. The second-order valence-corrected chi connectivity index (χ2v) is 12.3. The first-order chi connectivity index (χ1) is 19.1. The summed E-state index contributed by atoms with van der Waals surface area (Å²) in [5, 5.41) is 21.5. The van der Waals surface area contributed by atoms with Crippen molar-refractivity contribution in [2.75, 3.05) is 30.5 Å². The summed E-state index contributed by atoms with van der Waals surface area (Å²) in [6, 6.07) is 8.53. The number of halogens is 4. The Balaban J connectivity index is 1.55. The molecule has 3 aromatic rings. The van der Waals surface area contributed by atoms with Crippen LogP contribution < -0.4 is 20.1 Å². The average Bonchev–Trinajstić information content (AvgIpc) is 3.21. The molecule has 2 atom stereocenters.